The second-order valence-electron chi connectivity index (χ2n) is 3.73. The summed E-state index contributed by atoms with van der Waals surface area (Å²) in [5, 5.41) is 0. The van der Waals surface area contributed by atoms with Crippen molar-refractivity contribution in [1.82, 2.24) is 0 Å². The van der Waals surface area contributed by atoms with Crippen LogP contribution in [0, 0.1) is 5.41 Å². The lowest BCUT2D eigenvalue weighted by Crippen LogP contribution is -2.40. The second-order valence-corrected chi connectivity index (χ2v) is 3.73. The summed E-state index contributed by atoms with van der Waals surface area (Å²) in [6.07, 6.45) is 4.20. The van der Waals surface area contributed by atoms with E-state index in [-0.39, 0.29) is 0 Å². The summed E-state index contributed by atoms with van der Waals surface area (Å²) in [5.74, 6) is -1.22. The van der Waals surface area contributed by atoms with E-state index in [9.17, 15) is 9.59 Å². The molecule has 0 aromatic carbocycles. The first-order valence-corrected chi connectivity index (χ1v) is 5.73. The van der Waals surface area contributed by atoms with Crippen LogP contribution in [0.3, 0.4) is 0 Å². The van der Waals surface area contributed by atoms with Gasteiger partial charge in [-0.3, -0.25) is 9.59 Å². The van der Waals surface area contributed by atoms with E-state index in [1.54, 1.807) is 0 Å². The van der Waals surface area contributed by atoms with Crippen LogP contribution in [0.2, 0.25) is 0 Å². The Morgan fingerprint density at radius 3 is 1.59 bits per heavy atom. The Labute approximate surface area is 102 Å². The lowest BCUT2D eigenvalue weighted by Gasteiger charge is -2.27. The van der Waals surface area contributed by atoms with Crippen molar-refractivity contribution in [3.05, 3.63) is 25.7 Å². The zero-order chi connectivity index (χ0) is 13.3. The van der Waals surface area contributed by atoms with Crippen LogP contribution in [-0.4, -0.2) is 11.9 Å². The summed E-state index contributed by atoms with van der Waals surface area (Å²) in [5.41, 5.74) is -1.24. The van der Waals surface area contributed by atoms with Crippen molar-refractivity contribution in [2.45, 2.75) is 39.5 Å². The number of ether oxygens (including phenoxy) is 2. The molecule has 0 fully saturated rings. The van der Waals surface area contributed by atoms with Gasteiger partial charge in [0.25, 0.3) is 0 Å². The van der Waals surface area contributed by atoms with Gasteiger partial charge in [0.15, 0.2) is 5.41 Å². The number of esters is 2. The Balaban J connectivity index is 5.22. The van der Waals surface area contributed by atoms with Crippen LogP contribution >= 0.6 is 0 Å². The van der Waals surface area contributed by atoms with Crippen molar-refractivity contribution in [3.8, 4) is 0 Å². The first kappa shape index (κ1) is 15.4. The molecule has 0 unspecified atom stereocenters. The predicted octanol–water partition coefficient (Wildman–Crippen LogP) is 2.95. The third-order valence-electron chi connectivity index (χ3n) is 2.52. The molecule has 96 valence electrons. The van der Waals surface area contributed by atoms with Crippen LogP contribution in [0.25, 0.3) is 0 Å². The van der Waals surface area contributed by atoms with Crippen molar-refractivity contribution in [2.24, 2.45) is 5.41 Å². The van der Waals surface area contributed by atoms with E-state index < -0.39 is 17.4 Å². The molecule has 0 amide bonds. The zero-order valence-electron chi connectivity index (χ0n) is 10.5. The van der Waals surface area contributed by atoms with Gasteiger partial charge in [-0.05, 0) is 12.8 Å². The number of carbonyl (C=O) groups is 2. The molecule has 0 aromatic heterocycles. The van der Waals surface area contributed by atoms with E-state index in [4.69, 9.17) is 9.47 Å². The molecule has 0 radical (unpaired) electrons. The summed E-state index contributed by atoms with van der Waals surface area (Å²) in [6, 6.07) is 0. The molecule has 17 heavy (non-hydrogen) atoms. The number of rotatable bonds is 8. The largest absolute Gasteiger partial charge is 0.434 e. The van der Waals surface area contributed by atoms with Gasteiger partial charge in [-0.25, -0.2) is 0 Å². The molecule has 0 aliphatic carbocycles. The minimum absolute atomic E-state index is 0.389. The zero-order valence-corrected chi connectivity index (χ0v) is 10.5. The Morgan fingerprint density at radius 1 is 1.00 bits per heavy atom. The molecule has 0 bridgehead atoms. The highest BCUT2D eigenvalue weighted by Gasteiger charge is 2.47. The van der Waals surface area contributed by atoms with Gasteiger partial charge in [0.2, 0.25) is 0 Å². The van der Waals surface area contributed by atoms with Crippen LogP contribution in [0.1, 0.15) is 39.5 Å². The molecule has 0 heterocycles. The molecule has 0 N–H and O–H groups in total. The highest BCUT2D eigenvalue weighted by molar-refractivity contribution is 6.00. The van der Waals surface area contributed by atoms with Crippen LogP contribution in [-0.2, 0) is 19.1 Å². The normalized spacial score (nSPS) is 10.5. The quantitative estimate of drug-likeness (QED) is 0.372. The summed E-state index contributed by atoms with van der Waals surface area (Å²) in [6.45, 7) is 10.4. The van der Waals surface area contributed by atoms with Crippen molar-refractivity contribution < 1.29 is 19.1 Å². The van der Waals surface area contributed by atoms with Gasteiger partial charge in [-0.2, -0.15) is 0 Å². The Morgan fingerprint density at radius 2 is 1.35 bits per heavy atom. The molecule has 0 spiro atoms. The summed E-state index contributed by atoms with van der Waals surface area (Å²) in [4.78, 5) is 23.9. The van der Waals surface area contributed by atoms with Crippen molar-refractivity contribution >= 4 is 11.9 Å². The van der Waals surface area contributed by atoms with Crippen molar-refractivity contribution in [2.75, 3.05) is 0 Å². The monoisotopic (exact) mass is 240 g/mol. The summed E-state index contributed by atoms with van der Waals surface area (Å²) < 4.78 is 9.54. The van der Waals surface area contributed by atoms with E-state index in [2.05, 4.69) is 13.2 Å². The van der Waals surface area contributed by atoms with E-state index in [1.165, 1.54) is 0 Å². The second kappa shape index (κ2) is 7.65. The van der Waals surface area contributed by atoms with Crippen LogP contribution in [0.15, 0.2) is 25.7 Å². The molecule has 0 saturated carbocycles. The minimum Gasteiger partial charge on any atom is -0.434 e. The maximum Gasteiger partial charge on any atom is 0.328 e. The average Bonchev–Trinajstić information content (AvgIpc) is 2.29. The Hall–Kier alpha value is -1.58. The third kappa shape index (κ3) is 3.73. The minimum atomic E-state index is -1.24. The number of hydrogen-bond acceptors (Lipinski definition) is 4. The van der Waals surface area contributed by atoms with Gasteiger partial charge in [0, 0.05) is 0 Å². The molecular formula is C13H20O4. The van der Waals surface area contributed by atoms with Crippen LogP contribution < -0.4 is 0 Å². The van der Waals surface area contributed by atoms with E-state index in [1.807, 2.05) is 13.8 Å². The fraction of sp³-hybridized carbons (Fsp3) is 0.538. The van der Waals surface area contributed by atoms with Gasteiger partial charge in [0.05, 0.1) is 12.5 Å². The van der Waals surface area contributed by atoms with Crippen LogP contribution in [0.4, 0.5) is 0 Å². The van der Waals surface area contributed by atoms with Crippen molar-refractivity contribution in [1.29, 1.82) is 0 Å². The van der Waals surface area contributed by atoms with Gasteiger partial charge in [0.1, 0.15) is 0 Å². The maximum atomic E-state index is 11.9. The molecule has 4 heteroatoms. The SMILES string of the molecule is C=COC(=O)C(CCC)(CCC)C(=O)OC=C. The van der Waals surface area contributed by atoms with Crippen LogP contribution in [0.5, 0.6) is 0 Å². The molecule has 0 saturated heterocycles. The molecule has 4 nitrogen and oxygen atoms in total. The predicted molar refractivity (Wildman–Crippen MR) is 64.8 cm³/mol. The Kier molecular flexibility index (Phi) is 6.94. The van der Waals surface area contributed by atoms with Gasteiger partial charge < -0.3 is 9.47 Å². The molecule has 0 aliphatic heterocycles. The summed E-state index contributed by atoms with van der Waals surface area (Å²) in [7, 11) is 0. The average molecular weight is 240 g/mol. The van der Waals surface area contributed by atoms with E-state index in [0.717, 1.165) is 12.5 Å². The fourth-order valence-corrected chi connectivity index (χ4v) is 1.85. The smallest absolute Gasteiger partial charge is 0.328 e. The van der Waals surface area contributed by atoms with E-state index in [0.29, 0.717) is 25.7 Å². The lowest BCUT2D eigenvalue weighted by molar-refractivity contribution is -0.167. The first-order chi connectivity index (χ1) is 8.08. The van der Waals surface area contributed by atoms with E-state index >= 15 is 0 Å². The highest BCUT2D eigenvalue weighted by atomic mass is 16.5. The molecular weight excluding hydrogens is 220 g/mol. The molecule has 0 aromatic rings. The summed E-state index contributed by atoms with van der Waals surface area (Å²) >= 11 is 0. The van der Waals surface area contributed by atoms with Gasteiger partial charge >= 0.3 is 11.9 Å². The molecule has 0 aliphatic rings. The highest BCUT2D eigenvalue weighted by Crippen LogP contribution is 2.33. The third-order valence-corrected chi connectivity index (χ3v) is 2.52. The molecule has 0 rings (SSSR count). The fourth-order valence-electron chi connectivity index (χ4n) is 1.85. The maximum absolute atomic E-state index is 11.9. The van der Waals surface area contributed by atoms with Gasteiger partial charge in [-0.15, -0.1) is 0 Å². The topological polar surface area (TPSA) is 52.6 Å². The first-order valence-electron chi connectivity index (χ1n) is 5.73. The Bertz CT molecular complexity index is 264. The lowest BCUT2D eigenvalue weighted by atomic mass is 9.79. The van der Waals surface area contributed by atoms with Gasteiger partial charge in [-0.1, -0.05) is 39.8 Å². The number of carbonyl (C=O) groups excluding carboxylic acids is 2. The molecule has 0 atom stereocenters. The number of hydrogen-bond donors (Lipinski definition) is 0. The standard InChI is InChI=1S/C13H20O4/c1-5-9-13(10-6-2,11(14)16-7-3)12(15)17-8-4/h7-8H,3-6,9-10H2,1-2H3. The van der Waals surface area contributed by atoms with Crippen molar-refractivity contribution in [3.63, 3.8) is 0 Å².